The van der Waals surface area contributed by atoms with Gasteiger partial charge in [-0.05, 0) is 65.0 Å². The molecule has 1 amide bonds. The van der Waals surface area contributed by atoms with Crippen molar-refractivity contribution >= 4 is 34.9 Å². The highest BCUT2D eigenvalue weighted by atomic mass is 32.2. The number of ether oxygens (including phenoxy) is 2. The van der Waals surface area contributed by atoms with Gasteiger partial charge in [0.2, 0.25) is 0 Å². The number of aromatic nitrogens is 2. The maximum absolute atomic E-state index is 12.5. The SMILES string of the molecule is CCC(C)OC(=O)Cn1c(SCC2CCCN(C(=O)OC(C)(C)C)C2)nc2ccccc21. The van der Waals surface area contributed by atoms with Gasteiger partial charge in [-0.15, -0.1) is 0 Å². The molecular weight excluding hydrogens is 426 g/mol. The molecule has 1 aliphatic rings. The standard InChI is InChI=1S/C24H35N3O4S/c1-6-17(2)30-21(28)15-27-20-12-8-7-11-19(20)25-22(27)32-16-18-10-9-13-26(14-18)23(29)31-24(3,4)5/h7-8,11-12,17-18H,6,9-10,13-16H2,1-5H3. The van der Waals surface area contributed by atoms with E-state index in [2.05, 4.69) is 0 Å². The maximum atomic E-state index is 12.5. The predicted octanol–water partition coefficient (Wildman–Crippen LogP) is 5.12. The first-order valence-corrected chi connectivity index (χ1v) is 12.4. The number of hydrogen-bond donors (Lipinski definition) is 0. The van der Waals surface area contributed by atoms with Crippen LogP contribution in [0, 0.1) is 5.92 Å². The van der Waals surface area contributed by atoms with Gasteiger partial charge in [-0.3, -0.25) is 4.79 Å². The molecule has 0 spiro atoms. The molecule has 32 heavy (non-hydrogen) atoms. The minimum Gasteiger partial charge on any atom is -0.461 e. The zero-order valence-corrected chi connectivity index (χ0v) is 20.6. The second-order valence-electron chi connectivity index (χ2n) is 9.42. The van der Waals surface area contributed by atoms with Gasteiger partial charge in [-0.1, -0.05) is 30.8 Å². The molecule has 1 saturated heterocycles. The Morgan fingerprint density at radius 2 is 2.03 bits per heavy atom. The topological polar surface area (TPSA) is 73.7 Å². The molecule has 0 bridgehead atoms. The first-order valence-electron chi connectivity index (χ1n) is 11.4. The Kier molecular flexibility index (Phi) is 8.09. The van der Waals surface area contributed by atoms with Crippen LogP contribution in [0.2, 0.25) is 0 Å². The zero-order valence-electron chi connectivity index (χ0n) is 19.8. The number of imidazole rings is 1. The van der Waals surface area contributed by atoms with E-state index in [0.29, 0.717) is 12.5 Å². The van der Waals surface area contributed by atoms with Crippen LogP contribution in [0.1, 0.15) is 53.9 Å². The van der Waals surface area contributed by atoms with Crippen molar-refractivity contribution < 1.29 is 19.1 Å². The van der Waals surface area contributed by atoms with E-state index in [-0.39, 0.29) is 24.7 Å². The van der Waals surface area contributed by atoms with Crippen molar-refractivity contribution in [1.29, 1.82) is 0 Å². The zero-order chi connectivity index (χ0) is 23.3. The molecule has 2 aromatic rings. The van der Waals surface area contributed by atoms with Crippen LogP contribution in [0.15, 0.2) is 29.4 Å². The Morgan fingerprint density at radius 3 is 2.75 bits per heavy atom. The number of likely N-dealkylation sites (tertiary alicyclic amines) is 1. The van der Waals surface area contributed by atoms with Crippen molar-refractivity contribution in [1.82, 2.24) is 14.5 Å². The summed E-state index contributed by atoms with van der Waals surface area (Å²) in [6, 6.07) is 7.84. The average Bonchev–Trinajstić information content (AvgIpc) is 3.08. The number of rotatable bonds is 7. The number of carbonyl (C=O) groups is 2. The van der Waals surface area contributed by atoms with Crippen LogP contribution >= 0.6 is 11.8 Å². The van der Waals surface area contributed by atoms with Crippen LogP contribution in [0.25, 0.3) is 11.0 Å². The van der Waals surface area contributed by atoms with E-state index >= 15 is 0 Å². The lowest BCUT2D eigenvalue weighted by molar-refractivity contribution is -0.149. The monoisotopic (exact) mass is 461 g/mol. The number of carbonyl (C=O) groups excluding carboxylic acids is 2. The van der Waals surface area contributed by atoms with Crippen LogP contribution in [-0.4, -0.2) is 57.1 Å². The molecule has 2 unspecified atom stereocenters. The van der Waals surface area contributed by atoms with Gasteiger partial charge < -0.3 is 18.9 Å². The van der Waals surface area contributed by atoms with E-state index in [9.17, 15) is 9.59 Å². The Hall–Kier alpha value is -2.22. The van der Waals surface area contributed by atoms with E-state index in [1.54, 1.807) is 11.8 Å². The third kappa shape index (κ3) is 6.64. The largest absolute Gasteiger partial charge is 0.461 e. The van der Waals surface area contributed by atoms with Crippen molar-refractivity contribution in [2.45, 2.75) is 77.3 Å². The number of para-hydroxylation sites is 2. The van der Waals surface area contributed by atoms with E-state index in [1.807, 2.05) is 68.4 Å². The fourth-order valence-corrected chi connectivity index (χ4v) is 4.81. The third-order valence-corrected chi connectivity index (χ3v) is 6.64. The normalized spacial score (nSPS) is 17.9. The van der Waals surface area contributed by atoms with Crippen molar-refractivity contribution in [2.24, 2.45) is 5.92 Å². The summed E-state index contributed by atoms with van der Waals surface area (Å²) in [7, 11) is 0. The third-order valence-electron chi connectivity index (χ3n) is 5.43. The highest BCUT2D eigenvalue weighted by molar-refractivity contribution is 7.99. The molecular formula is C24H35N3O4S. The predicted molar refractivity (Wildman–Crippen MR) is 127 cm³/mol. The number of thioether (sulfide) groups is 1. The molecule has 1 fully saturated rings. The molecule has 1 aromatic heterocycles. The van der Waals surface area contributed by atoms with Gasteiger partial charge in [0.25, 0.3) is 0 Å². The quantitative estimate of drug-likeness (QED) is 0.421. The number of nitrogens with zero attached hydrogens (tertiary/aromatic N) is 3. The molecule has 3 rings (SSSR count). The molecule has 1 aliphatic heterocycles. The molecule has 0 aliphatic carbocycles. The molecule has 0 saturated carbocycles. The number of piperidine rings is 1. The highest BCUT2D eigenvalue weighted by Gasteiger charge is 2.28. The first-order chi connectivity index (χ1) is 15.2. The first kappa shape index (κ1) is 24.4. The molecule has 2 heterocycles. The molecule has 7 nitrogen and oxygen atoms in total. The van der Waals surface area contributed by atoms with Crippen LogP contribution in [0.3, 0.4) is 0 Å². The summed E-state index contributed by atoms with van der Waals surface area (Å²) < 4.78 is 13.0. The number of amides is 1. The number of hydrogen-bond acceptors (Lipinski definition) is 6. The Labute approximate surface area is 194 Å². The fraction of sp³-hybridized carbons (Fsp3) is 0.625. The highest BCUT2D eigenvalue weighted by Crippen LogP contribution is 2.29. The smallest absolute Gasteiger partial charge is 0.410 e. The van der Waals surface area contributed by atoms with E-state index < -0.39 is 5.60 Å². The Bertz CT molecular complexity index is 937. The minimum atomic E-state index is -0.493. The number of benzene rings is 1. The second-order valence-corrected chi connectivity index (χ2v) is 10.4. The number of fused-ring (bicyclic) bond motifs is 1. The van der Waals surface area contributed by atoms with Crippen molar-refractivity contribution in [3.8, 4) is 0 Å². The minimum absolute atomic E-state index is 0.102. The molecule has 0 N–H and O–H groups in total. The summed E-state index contributed by atoms with van der Waals surface area (Å²) in [6.45, 7) is 11.1. The fourth-order valence-electron chi connectivity index (χ4n) is 3.68. The summed E-state index contributed by atoms with van der Waals surface area (Å²) in [5, 5.41) is 0.807. The number of esters is 1. The van der Waals surface area contributed by atoms with Crippen LogP contribution in [0.4, 0.5) is 4.79 Å². The maximum Gasteiger partial charge on any atom is 0.410 e. The van der Waals surface area contributed by atoms with Crippen molar-refractivity contribution in [2.75, 3.05) is 18.8 Å². The lowest BCUT2D eigenvalue weighted by Crippen LogP contribution is -2.43. The Morgan fingerprint density at radius 1 is 1.28 bits per heavy atom. The average molecular weight is 462 g/mol. The molecule has 1 aromatic carbocycles. The summed E-state index contributed by atoms with van der Waals surface area (Å²) in [5.41, 5.74) is 1.30. The molecule has 176 valence electrons. The van der Waals surface area contributed by atoms with Gasteiger partial charge in [0.15, 0.2) is 5.16 Å². The summed E-state index contributed by atoms with van der Waals surface area (Å²) in [4.78, 5) is 31.5. The lowest BCUT2D eigenvalue weighted by atomic mass is 10.0. The van der Waals surface area contributed by atoms with E-state index in [1.165, 1.54) is 0 Å². The van der Waals surface area contributed by atoms with Crippen LogP contribution < -0.4 is 0 Å². The van der Waals surface area contributed by atoms with Crippen LogP contribution in [0.5, 0.6) is 0 Å². The lowest BCUT2D eigenvalue weighted by Gasteiger charge is -2.34. The summed E-state index contributed by atoms with van der Waals surface area (Å²) in [6.07, 6.45) is 2.46. The van der Waals surface area contributed by atoms with Gasteiger partial charge in [0.1, 0.15) is 12.1 Å². The summed E-state index contributed by atoms with van der Waals surface area (Å²) >= 11 is 1.64. The second kappa shape index (κ2) is 10.6. The van der Waals surface area contributed by atoms with Gasteiger partial charge in [-0.2, -0.15) is 0 Å². The Balaban J connectivity index is 1.68. The van der Waals surface area contributed by atoms with Crippen LogP contribution in [-0.2, 0) is 20.8 Å². The molecule has 0 radical (unpaired) electrons. The van der Waals surface area contributed by atoms with Gasteiger partial charge in [0.05, 0.1) is 17.1 Å². The van der Waals surface area contributed by atoms with Gasteiger partial charge >= 0.3 is 12.1 Å². The van der Waals surface area contributed by atoms with Crippen molar-refractivity contribution in [3.63, 3.8) is 0 Å². The molecule has 8 heteroatoms. The molecule has 2 atom stereocenters. The van der Waals surface area contributed by atoms with Gasteiger partial charge in [-0.25, -0.2) is 9.78 Å². The van der Waals surface area contributed by atoms with Gasteiger partial charge in [0, 0.05) is 18.8 Å². The van der Waals surface area contributed by atoms with E-state index in [4.69, 9.17) is 14.5 Å². The van der Waals surface area contributed by atoms with E-state index in [0.717, 1.165) is 47.7 Å². The van der Waals surface area contributed by atoms with Crippen molar-refractivity contribution in [3.05, 3.63) is 24.3 Å². The summed E-state index contributed by atoms with van der Waals surface area (Å²) in [5.74, 6) is 0.919.